The van der Waals surface area contributed by atoms with Crippen molar-refractivity contribution in [3.05, 3.63) is 28.8 Å². The fourth-order valence-electron chi connectivity index (χ4n) is 2.35. The number of hydrogen-bond acceptors (Lipinski definition) is 3. The summed E-state index contributed by atoms with van der Waals surface area (Å²) in [6, 6.07) is 4.12. The molecule has 2 rings (SSSR count). The standard InChI is InChI=1S/C13H19NO2/c1-16-13-7-10-5-3-2-4-9(10)6-11(13)12(15)8-14/h6-7,12,15H,2-5,8,14H2,1H3. The highest BCUT2D eigenvalue weighted by molar-refractivity contribution is 5.45. The molecule has 0 spiro atoms. The van der Waals surface area contributed by atoms with Gasteiger partial charge >= 0.3 is 0 Å². The summed E-state index contributed by atoms with van der Waals surface area (Å²) < 4.78 is 5.32. The molecule has 3 N–H and O–H groups in total. The summed E-state index contributed by atoms with van der Waals surface area (Å²) in [6.45, 7) is 0.231. The molecule has 0 bridgehead atoms. The fraction of sp³-hybridized carbons (Fsp3) is 0.538. The lowest BCUT2D eigenvalue weighted by Crippen LogP contribution is -2.14. The van der Waals surface area contributed by atoms with Gasteiger partial charge in [-0.1, -0.05) is 0 Å². The molecule has 0 heterocycles. The molecule has 0 saturated heterocycles. The smallest absolute Gasteiger partial charge is 0.125 e. The van der Waals surface area contributed by atoms with E-state index in [1.165, 1.54) is 24.0 Å². The molecule has 0 fully saturated rings. The van der Waals surface area contributed by atoms with Gasteiger partial charge < -0.3 is 15.6 Å². The summed E-state index contributed by atoms with van der Waals surface area (Å²) in [4.78, 5) is 0. The fourth-order valence-corrected chi connectivity index (χ4v) is 2.35. The van der Waals surface area contributed by atoms with E-state index in [-0.39, 0.29) is 6.54 Å². The minimum Gasteiger partial charge on any atom is -0.496 e. The summed E-state index contributed by atoms with van der Waals surface area (Å²) in [5.41, 5.74) is 9.02. The van der Waals surface area contributed by atoms with Gasteiger partial charge in [0, 0.05) is 12.1 Å². The molecule has 1 aliphatic carbocycles. The zero-order valence-electron chi connectivity index (χ0n) is 9.70. The highest BCUT2D eigenvalue weighted by atomic mass is 16.5. The van der Waals surface area contributed by atoms with E-state index in [1.54, 1.807) is 7.11 Å². The quantitative estimate of drug-likeness (QED) is 0.814. The van der Waals surface area contributed by atoms with E-state index < -0.39 is 6.10 Å². The van der Waals surface area contributed by atoms with Gasteiger partial charge in [-0.2, -0.15) is 0 Å². The number of methoxy groups -OCH3 is 1. The van der Waals surface area contributed by atoms with Gasteiger partial charge in [-0.3, -0.25) is 0 Å². The van der Waals surface area contributed by atoms with Crippen molar-refractivity contribution in [2.24, 2.45) is 5.73 Å². The molecule has 1 unspecified atom stereocenters. The number of nitrogens with two attached hydrogens (primary N) is 1. The van der Waals surface area contributed by atoms with Crippen molar-refractivity contribution in [1.82, 2.24) is 0 Å². The SMILES string of the molecule is COc1cc2c(cc1C(O)CN)CCCC2. The largest absolute Gasteiger partial charge is 0.496 e. The van der Waals surface area contributed by atoms with Crippen LogP contribution in [0.1, 0.15) is 35.6 Å². The maximum Gasteiger partial charge on any atom is 0.125 e. The van der Waals surface area contributed by atoms with Crippen molar-refractivity contribution >= 4 is 0 Å². The van der Waals surface area contributed by atoms with Crippen LogP contribution in [-0.2, 0) is 12.8 Å². The lowest BCUT2D eigenvalue weighted by molar-refractivity contribution is 0.182. The molecule has 3 heteroatoms. The third-order valence-electron chi connectivity index (χ3n) is 3.28. The van der Waals surface area contributed by atoms with E-state index in [1.807, 2.05) is 0 Å². The number of hydrogen-bond donors (Lipinski definition) is 2. The molecule has 0 radical (unpaired) electrons. The molecular formula is C13H19NO2. The molecule has 1 aromatic carbocycles. The Balaban J connectivity index is 2.43. The molecule has 0 aliphatic heterocycles. The number of ether oxygens (including phenoxy) is 1. The Morgan fingerprint density at radius 1 is 1.31 bits per heavy atom. The first-order chi connectivity index (χ1) is 7.76. The van der Waals surface area contributed by atoms with Gasteiger partial charge in [-0.05, 0) is 48.9 Å². The Hall–Kier alpha value is -1.06. The maximum atomic E-state index is 9.84. The van der Waals surface area contributed by atoms with Crippen molar-refractivity contribution in [3.63, 3.8) is 0 Å². The van der Waals surface area contributed by atoms with E-state index in [2.05, 4.69) is 12.1 Å². The second kappa shape index (κ2) is 4.85. The predicted molar refractivity (Wildman–Crippen MR) is 63.7 cm³/mol. The zero-order valence-corrected chi connectivity index (χ0v) is 9.70. The summed E-state index contributed by atoms with van der Waals surface area (Å²) >= 11 is 0. The van der Waals surface area contributed by atoms with E-state index in [0.717, 1.165) is 24.2 Å². The maximum absolute atomic E-state index is 9.84. The molecule has 1 aromatic rings. The molecule has 16 heavy (non-hydrogen) atoms. The summed E-state index contributed by atoms with van der Waals surface area (Å²) in [5, 5.41) is 9.84. The second-order valence-electron chi connectivity index (χ2n) is 4.32. The molecular weight excluding hydrogens is 202 g/mol. The number of fused-ring (bicyclic) bond motifs is 1. The van der Waals surface area contributed by atoms with Crippen molar-refractivity contribution in [2.45, 2.75) is 31.8 Å². The molecule has 0 aromatic heterocycles. The van der Waals surface area contributed by atoms with Crippen molar-refractivity contribution in [2.75, 3.05) is 13.7 Å². The summed E-state index contributed by atoms with van der Waals surface area (Å²) in [5.74, 6) is 0.763. The Morgan fingerprint density at radius 3 is 2.50 bits per heavy atom. The van der Waals surface area contributed by atoms with Gasteiger partial charge in [0.15, 0.2) is 0 Å². The molecule has 0 amide bonds. The van der Waals surface area contributed by atoms with Gasteiger partial charge in [-0.25, -0.2) is 0 Å². The van der Waals surface area contributed by atoms with Gasteiger partial charge in [0.05, 0.1) is 13.2 Å². The zero-order chi connectivity index (χ0) is 11.5. The average Bonchev–Trinajstić information content (AvgIpc) is 2.36. The van der Waals surface area contributed by atoms with Gasteiger partial charge in [0.1, 0.15) is 5.75 Å². The number of benzene rings is 1. The summed E-state index contributed by atoms with van der Waals surface area (Å²) in [7, 11) is 1.64. The Kier molecular flexibility index (Phi) is 3.46. The van der Waals surface area contributed by atoms with Gasteiger partial charge in [-0.15, -0.1) is 0 Å². The van der Waals surface area contributed by atoms with Gasteiger partial charge in [0.2, 0.25) is 0 Å². The van der Waals surface area contributed by atoms with Crippen molar-refractivity contribution in [3.8, 4) is 5.75 Å². The topological polar surface area (TPSA) is 55.5 Å². The predicted octanol–water partition coefficient (Wildman–Crippen LogP) is 1.57. The molecule has 0 saturated carbocycles. The van der Waals surface area contributed by atoms with E-state index in [4.69, 9.17) is 10.5 Å². The normalized spacial score (nSPS) is 16.7. The number of aliphatic hydroxyl groups excluding tert-OH is 1. The van der Waals surface area contributed by atoms with Crippen LogP contribution in [-0.4, -0.2) is 18.8 Å². The van der Waals surface area contributed by atoms with Crippen LogP contribution < -0.4 is 10.5 Å². The Labute approximate surface area is 96.2 Å². The van der Waals surface area contributed by atoms with Crippen LogP contribution in [0.3, 0.4) is 0 Å². The van der Waals surface area contributed by atoms with Crippen molar-refractivity contribution < 1.29 is 9.84 Å². The molecule has 88 valence electrons. The van der Waals surface area contributed by atoms with E-state index >= 15 is 0 Å². The van der Waals surface area contributed by atoms with Crippen LogP contribution in [0.5, 0.6) is 5.75 Å². The molecule has 1 aliphatic rings. The minimum absolute atomic E-state index is 0.231. The lowest BCUT2D eigenvalue weighted by Gasteiger charge is -2.21. The highest BCUT2D eigenvalue weighted by Gasteiger charge is 2.17. The van der Waals surface area contributed by atoms with Crippen LogP contribution in [0.25, 0.3) is 0 Å². The molecule has 3 nitrogen and oxygen atoms in total. The lowest BCUT2D eigenvalue weighted by atomic mass is 9.89. The first-order valence-corrected chi connectivity index (χ1v) is 5.84. The van der Waals surface area contributed by atoms with Crippen LogP contribution in [0.4, 0.5) is 0 Å². The van der Waals surface area contributed by atoms with E-state index in [9.17, 15) is 5.11 Å². The summed E-state index contributed by atoms with van der Waals surface area (Å²) in [6.07, 6.45) is 4.07. The third kappa shape index (κ3) is 2.06. The van der Waals surface area contributed by atoms with Crippen molar-refractivity contribution in [1.29, 1.82) is 0 Å². The number of rotatable bonds is 3. The van der Waals surface area contributed by atoms with E-state index in [0.29, 0.717) is 0 Å². The first kappa shape index (κ1) is 11.4. The second-order valence-corrected chi connectivity index (χ2v) is 4.32. The average molecular weight is 221 g/mol. The third-order valence-corrected chi connectivity index (χ3v) is 3.28. The highest BCUT2D eigenvalue weighted by Crippen LogP contribution is 2.32. The Bertz CT molecular complexity index is 376. The van der Waals surface area contributed by atoms with Gasteiger partial charge in [0.25, 0.3) is 0 Å². The first-order valence-electron chi connectivity index (χ1n) is 5.84. The van der Waals surface area contributed by atoms with Crippen LogP contribution >= 0.6 is 0 Å². The van der Waals surface area contributed by atoms with Crippen LogP contribution in [0.2, 0.25) is 0 Å². The Morgan fingerprint density at radius 2 is 1.94 bits per heavy atom. The molecule has 1 atom stereocenters. The van der Waals surface area contributed by atoms with Crippen LogP contribution in [0, 0.1) is 0 Å². The number of aliphatic hydroxyl groups is 1. The minimum atomic E-state index is -0.623. The van der Waals surface area contributed by atoms with Crippen LogP contribution in [0.15, 0.2) is 12.1 Å². The monoisotopic (exact) mass is 221 g/mol. The number of aryl methyl sites for hydroxylation is 2.